The summed E-state index contributed by atoms with van der Waals surface area (Å²) >= 11 is 0. The zero-order valence-corrected chi connectivity index (χ0v) is 23.1. The van der Waals surface area contributed by atoms with Crippen LogP contribution in [0, 0.1) is 10.1 Å². The van der Waals surface area contributed by atoms with Gasteiger partial charge in [-0.2, -0.15) is 5.01 Å². The molecule has 2 aromatic carbocycles. The minimum atomic E-state index is -2.47. The molecule has 2 saturated heterocycles. The van der Waals surface area contributed by atoms with E-state index in [1.807, 2.05) is 48.4 Å². The smallest absolute Gasteiger partial charge is 0.373 e. The first-order valence-electron chi connectivity index (χ1n) is 12.3. The first-order valence-corrected chi connectivity index (χ1v) is 15.2. The Bertz CT molecular complexity index is 1240. The normalized spacial score (nSPS) is 21.6. The van der Waals surface area contributed by atoms with Crippen molar-refractivity contribution < 1.29 is 23.7 Å². The molecule has 0 saturated carbocycles. The van der Waals surface area contributed by atoms with E-state index in [0.717, 1.165) is 11.1 Å². The Labute approximate surface area is 217 Å². The second-order valence-corrected chi connectivity index (χ2v) is 15.6. The summed E-state index contributed by atoms with van der Waals surface area (Å²) in [5, 5.41) is 14.6. The van der Waals surface area contributed by atoms with Crippen molar-refractivity contribution >= 4 is 25.9 Å². The molecule has 2 aromatic rings. The monoisotopic (exact) mass is 523 g/mol. The van der Waals surface area contributed by atoms with Crippen LogP contribution in [0.3, 0.4) is 0 Å². The van der Waals surface area contributed by atoms with Gasteiger partial charge in [-0.1, -0.05) is 63.2 Å². The van der Waals surface area contributed by atoms with E-state index in [0.29, 0.717) is 12.1 Å². The lowest BCUT2D eigenvalue weighted by molar-refractivity contribution is -0.384. The molecule has 2 fully saturated rings. The standard InChI is InChI=1S/C27H33N3O6Si/c1-27(2,3)37(5,6)36-25(26(32)35-4)23-16-21(19-12-14-20(15-13-19)30(33)34)28-22(17-24(31)29(23)28)18-10-8-7-9-11-18/h7-15,21-22H,16-17H2,1-6H3/b25-23-/t21-,22+/m0/s1. The molecule has 196 valence electrons. The number of non-ortho nitro benzene ring substituents is 1. The average molecular weight is 524 g/mol. The maximum absolute atomic E-state index is 13.5. The molecule has 0 N–H and O–H groups in total. The Kier molecular flexibility index (Phi) is 7.00. The minimum absolute atomic E-state index is 0.0111. The van der Waals surface area contributed by atoms with Crippen molar-refractivity contribution in [3.63, 3.8) is 0 Å². The molecule has 0 radical (unpaired) electrons. The first kappa shape index (κ1) is 26.6. The van der Waals surface area contributed by atoms with Crippen molar-refractivity contribution in [3.05, 3.63) is 87.3 Å². The molecule has 1 amide bonds. The molecule has 0 bridgehead atoms. The highest BCUT2D eigenvalue weighted by Gasteiger charge is 2.52. The van der Waals surface area contributed by atoms with Gasteiger partial charge in [-0.3, -0.25) is 14.9 Å². The van der Waals surface area contributed by atoms with Crippen molar-refractivity contribution in [2.45, 2.75) is 63.8 Å². The van der Waals surface area contributed by atoms with E-state index in [1.54, 1.807) is 17.1 Å². The third-order valence-corrected chi connectivity index (χ3v) is 11.9. The maximum atomic E-state index is 13.5. The molecule has 0 spiro atoms. The van der Waals surface area contributed by atoms with Gasteiger partial charge < -0.3 is 9.16 Å². The van der Waals surface area contributed by atoms with Gasteiger partial charge in [0.05, 0.1) is 36.2 Å². The number of carbonyl (C=O) groups excluding carboxylic acids is 2. The molecule has 0 aliphatic carbocycles. The number of esters is 1. The molecular formula is C27H33N3O6Si. The highest BCUT2D eigenvalue weighted by Crippen LogP contribution is 2.51. The third-order valence-electron chi connectivity index (χ3n) is 7.59. The van der Waals surface area contributed by atoms with Crippen molar-refractivity contribution in [3.8, 4) is 0 Å². The quantitative estimate of drug-likeness (QED) is 0.121. The lowest BCUT2D eigenvalue weighted by Gasteiger charge is -2.37. The van der Waals surface area contributed by atoms with Gasteiger partial charge >= 0.3 is 5.97 Å². The summed E-state index contributed by atoms with van der Waals surface area (Å²) in [5.74, 6) is -0.709. The number of hydrogen-bond acceptors (Lipinski definition) is 7. The lowest BCUT2D eigenvalue weighted by atomic mass is 9.97. The van der Waals surface area contributed by atoms with Crippen LogP contribution < -0.4 is 0 Å². The second kappa shape index (κ2) is 9.75. The molecule has 0 unspecified atom stereocenters. The van der Waals surface area contributed by atoms with E-state index in [-0.39, 0.29) is 40.9 Å². The zero-order valence-electron chi connectivity index (χ0n) is 22.1. The minimum Gasteiger partial charge on any atom is -0.537 e. The number of fused-ring (bicyclic) bond motifs is 1. The average Bonchev–Trinajstić information content (AvgIpc) is 3.41. The molecule has 10 heteroatoms. The van der Waals surface area contributed by atoms with Gasteiger partial charge in [0.2, 0.25) is 11.7 Å². The van der Waals surface area contributed by atoms with E-state index < -0.39 is 19.2 Å². The van der Waals surface area contributed by atoms with Crippen LogP contribution in [0.2, 0.25) is 18.1 Å². The van der Waals surface area contributed by atoms with Crippen LogP contribution in [0.4, 0.5) is 5.69 Å². The van der Waals surface area contributed by atoms with Gasteiger partial charge in [0, 0.05) is 18.6 Å². The number of rotatable bonds is 6. The summed E-state index contributed by atoms with van der Waals surface area (Å²) in [4.78, 5) is 37.4. The molecule has 37 heavy (non-hydrogen) atoms. The van der Waals surface area contributed by atoms with Crippen LogP contribution in [0.15, 0.2) is 66.1 Å². The molecule has 2 atom stereocenters. The van der Waals surface area contributed by atoms with Gasteiger partial charge in [-0.15, -0.1) is 0 Å². The van der Waals surface area contributed by atoms with Crippen LogP contribution in [-0.2, 0) is 18.8 Å². The summed E-state index contributed by atoms with van der Waals surface area (Å²) in [6, 6.07) is 15.5. The van der Waals surface area contributed by atoms with Gasteiger partial charge in [-0.25, -0.2) is 9.80 Å². The maximum Gasteiger partial charge on any atom is 0.373 e. The van der Waals surface area contributed by atoms with Gasteiger partial charge in [0.25, 0.3) is 14.0 Å². The summed E-state index contributed by atoms with van der Waals surface area (Å²) in [5.41, 5.74) is 2.22. The fourth-order valence-corrected chi connectivity index (χ4v) is 5.58. The predicted octanol–water partition coefficient (Wildman–Crippen LogP) is 5.64. The molecule has 2 heterocycles. The van der Waals surface area contributed by atoms with Crippen molar-refractivity contribution in [1.29, 1.82) is 0 Å². The molecule has 0 aromatic heterocycles. The summed E-state index contributed by atoms with van der Waals surface area (Å²) in [6.07, 6.45) is 0.539. The number of methoxy groups -OCH3 is 1. The van der Waals surface area contributed by atoms with Crippen molar-refractivity contribution in [1.82, 2.24) is 10.0 Å². The highest BCUT2D eigenvalue weighted by atomic mass is 28.4. The van der Waals surface area contributed by atoms with Crippen molar-refractivity contribution in [2.24, 2.45) is 0 Å². The Hall–Kier alpha value is -3.50. The Morgan fingerprint density at radius 3 is 2.11 bits per heavy atom. The van der Waals surface area contributed by atoms with Crippen LogP contribution in [0.1, 0.15) is 56.8 Å². The number of nitro groups is 1. The number of nitrogens with zero attached hydrogens (tertiary/aromatic N) is 3. The van der Waals surface area contributed by atoms with E-state index in [9.17, 15) is 19.7 Å². The predicted molar refractivity (Wildman–Crippen MR) is 140 cm³/mol. The number of ether oxygens (including phenoxy) is 1. The first-order chi connectivity index (χ1) is 17.4. The Morgan fingerprint density at radius 2 is 1.57 bits per heavy atom. The van der Waals surface area contributed by atoms with Gasteiger partial charge in [-0.05, 0) is 29.3 Å². The lowest BCUT2D eigenvalue weighted by Crippen LogP contribution is -2.43. The molecule has 2 aliphatic heterocycles. The van der Waals surface area contributed by atoms with E-state index >= 15 is 0 Å². The number of benzene rings is 2. The second-order valence-electron chi connectivity index (χ2n) is 10.9. The zero-order chi connectivity index (χ0) is 27.1. The van der Waals surface area contributed by atoms with Crippen LogP contribution in [-0.4, -0.2) is 42.2 Å². The van der Waals surface area contributed by atoms with E-state index in [2.05, 4.69) is 20.8 Å². The summed E-state index contributed by atoms with van der Waals surface area (Å²) in [6.45, 7) is 10.3. The SMILES string of the molecule is COC(=O)/C(O[Si](C)(C)C(C)(C)C)=C1\C[C@@H](c2ccc([N+](=O)[O-])cc2)N2[C@@H](c3ccccc3)CC(=O)N12. The summed E-state index contributed by atoms with van der Waals surface area (Å²) < 4.78 is 11.6. The fraction of sp³-hybridized carbons (Fsp3) is 0.407. The number of hydrazine groups is 1. The third kappa shape index (κ3) is 4.91. The summed E-state index contributed by atoms with van der Waals surface area (Å²) in [7, 11) is -1.17. The topological polar surface area (TPSA) is 102 Å². The van der Waals surface area contributed by atoms with E-state index in [4.69, 9.17) is 9.16 Å². The largest absolute Gasteiger partial charge is 0.537 e. The highest BCUT2D eigenvalue weighted by molar-refractivity contribution is 6.74. The van der Waals surface area contributed by atoms with Crippen LogP contribution in [0.25, 0.3) is 0 Å². The van der Waals surface area contributed by atoms with Crippen molar-refractivity contribution in [2.75, 3.05) is 7.11 Å². The van der Waals surface area contributed by atoms with Gasteiger partial charge in [0.15, 0.2) is 0 Å². The molecule has 9 nitrogen and oxygen atoms in total. The molecular weight excluding hydrogens is 490 g/mol. The van der Waals surface area contributed by atoms with E-state index in [1.165, 1.54) is 19.2 Å². The number of carbonyl (C=O) groups is 2. The molecule has 2 aliphatic rings. The number of hydrogen-bond donors (Lipinski definition) is 0. The van der Waals surface area contributed by atoms with Crippen LogP contribution >= 0.6 is 0 Å². The van der Waals surface area contributed by atoms with Gasteiger partial charge in [0.1, 0.15) is 0 Å². The Balaban J connectivity index is 1.87. The number of amides is 1. The fourth-order valence-electron chi connectivity index (χ4n) is 4.57. The van der Waals surface area contributed by atoms with Crippen LogP contribution in [0.5, 0.6) is 0 Å². The molecule has 4 rings (SSSR count). The number of nitro benzene ring substituents is 1. The Morgan fingerprint density at radius 1 is 1.00 bits per heavy atom.